The Morgan fingerprint density at radius 1 is 1.43 bits per heavy atom. The lowest BCUT2D eigenvalue weighted by Crippen LogP contribution is -2.27. The first-order valence-electron chi connectivity index (χ1n) is 4.36. The highest BCUT2D eigenvalue weighted by molar-refractivity contribution is 9.10. The average Bonchev–Trinajstić information content (AvgIpc) is 2.70. The lowest BCUT2D eigenvalue weighted by molar-refractivity contribution is 0.106. The fourth-order valence-electron chi connectivity index (χ4n) is 1.32. The number of carbonyl (C=O) groups excluding carboxylic acids is 1. The Labute approximate surface area is 90.4 Å². The van der Waals surface area contributed by atoms with Crippen LogP contribution in [0.4, 0.5) is 0 Å². The summed E-state index contributed by atoms with van der Waals surface area (Å²) in [4.78, 5) is 15.9. The summed E-state index contributed by atoms with van der Waals surface area (Å²) >= 11 is 3.34. The molecule has 0 spiro atoms. The number of hydrogen-bond donors (Lipinski definition) is 1. The van der Waals surface area contributed by atoms with Crippen LogP contribution in [0.2, 0.25) is 0 Å². The van der Waals surface area contributed by atoms with Gasteiger partial charge >= 0.3 is 0 Å². The summed E-state index contributed by atoms with van der Waals surface area (Å²) in [6.45, 7) is 1.44. The zero-order chi connectivity index (χ0) is 9.97. The minimum atomic E-state index is -0.0463. The number of rotatable bonds is 2. The van der Waals surface area contributed by atoms with Crippen LogP contribution in [0.3, 0.4) is 0 Å². The molecule has 1 aliphatic rings. The molecule has 2 rings (SSSR count). The van der Waals surface area contributed by atoms with Gasteiger partial charge in [-0.25, -0.2) is 0 Å². The van der Waals surface area contributed by atoms with Gasteiger partial charge in [-0.15, -0.1) is 0 Å². The highest BCUT2D eigenvalue weighted by Gasteiger charge is 2.18. The number of amidine groups is 1. The van der Waals surface area contributed by atoms with Gasteiger partial charge in [0, 0.05) is 16.6 Å². The summed E-state index contributed by atoms with van der Waals surface area (Å²) < 4.78 is 0.807. The molecule has 0 radical (unpaired) electrons. The predicted molar refractivity (Wildman–Crippen MR) is 58.8 cm³/mol. The van der Waals surface area contributed by atoms with E-state index in [4.69, 9.17) is 0 Å². The van der Waals surface area contributed by atoms with Gasteiger partial charge in [-0.2, -0.15) is 0 Å². The van der Waals surface area contributed by atoms with E-state index in [9.17, 15) is 4.79 Å². The molecule has 1 heterocycles. The van der Waals surface area contributed by atoms with E-state index in [1.807, 2.05) is 18.2 Å². The highest BCUT2D eigenvalue weighted by Crippen LogP contribution is 2.16. The molecule has 1 aromatic carbocycles. The Morgan fingerprint density at radius 3 is 2.86 bits per heavy atom. The van der Waals surface area contributed by atoms with Crippen molar-refractivity contribution in [2.45, 2.75) is 0 Å². The predicted octanol–water partition coefficient (Wildman–Crippen LogP) is 1.63. The second-order valence-electron chi connectivity index (χ2n) is 2.97. The molecule has 14 heavy (non-hydrogen) atoms. The van der Waals surface area contributed by atoms with Crippen molar-refractivity contribution < 1.29 is 4.79 Å². The lowest BCUT2D eigenvalue weighted by Gasteiger charge is -2.03. The Morgan fingerprint density at radius 2 is 2.21 bits per heavy atom. The molecule has 0 saturated carbocycles. The third-order valence-corrected chi connectivity index (χ3v) is 2.70. The molecule has 0 aromatic heterocycles. The van der Waals surface area contributed by atoms with Crippen LogP contribution in [-0.2, 0) is 0 Å². The monoisotopic (exact) mass is 252 g/mol. The van der Waals surface area contributed by atoms with Crippen LogP contribution in [0, 0.1) is 0 Å². The van der Waals surface area contributed by atoms with Crippen LogP contribution < -0.4 is 5.32 Å². The Kier molecular flexibility index (Phi) is 2.63. The maximum atomic E-state index is 11.8. The Hall–Kier alpha value is -1.16. The second-order valence-corrected chi connectivity index (χ2v) is 3.82. The van der Waals surface area contributed by atoms with Crippen molar-refractivity contribution in [3.63, 3.8) is 0 Å². The number of hydrogen-bond acceptors (Lipinski definition) is 3. The van der Waals surface area contributed by atoms with Crippen molar-refractivity contribution in [1.82, 2.24) is 5.32 Å². The van der Waals surface area contributed by atoms with Gasteiger partial charge in [0.15, 0.2) is 5.84 Å². The van der Waals surface area contributed by atoms with Crippen LogP contribution >= 0.6 is 15.9 Å². The summed E-state index contributed by atoms with van der Waals surface area (Å²) in [6.07, 6.45) is 0. The average molecular weight is 253 g/mol. The number of Topliss-reactive ketones (excluding diaryl/α,β-unsaturated/α-hetero) is 1. The quantitative estimate of drug-likeness (QED) is 0.814. The standard InChI is InChI=1S/C10H9BrN2O/c11-8-4-2-1-3-7(8)9(14)10-12-5-6-13-10/h1-4H,5-6H2,(H,12,13). The first-order valence-corrected chi connectivity index (χ1v) is 5.16. The third kappa shape index (κ3) is 1.70. The molecule has 0 bridgehead atoms. The van der Waals surface area contributed by atoms with E-state index in [0.29, 0.717) is 17.9 Å². The first kappa shape index (κ1) is 9.40. The molecule has 1 aliphatic heterocycles. The highest BCUT2D eigenvalue weighted by atomic mass is 79.9. The topological polar surface area (TPSA) is 41.5 Å². The molecule has 0 unspecified atom stereocenters. The SMILES string of the molecule is O=C(C1=NCCN1)c1ccccc1Br. The van der Waals surface area contributed by atoms with Gasteiger partial charge < -0.3 is 5.32 Å². The number of carbonyl (C=O) groups is 1. The Balaban J connectivity index is 2.31. The molecular weight excluding hydrogens is 244 g/mol. The molecule has 0 atom stereocenters. The molecular formula is C10H9BrN2O. The summed E-state index contributed by atoms with van der Waals surface area (Å²) in [7, 11) is 0. The maximum absolute atomic E-state index is 11.8. The molecule has 1 N–H and O–H groups in total. The van der Waals surface area contributed by atoms with Crippen molar-refractivity contribution in [2.75, 3.05) is 13.1 Å². The largest absolute Gasteiger partial charge is 0.365 e. The van der Waals surface area contributed by atoms with Crippen LogP contribution in [-0.4, -0.2) is 24.7 Å². The minimum absolute atomic E-state index is 0.0463. The minimum Gasteiger partial charge on any atom is -0.365 e. The number of halogens is 1. The van der Waals surface area contributed by atoms with Crippen molar-refractivity contribution in [2.24, 2.45) is 4.99 Å². The molecule has 0 fully saturated rings. The molecule has 72 valence electrons. The number of aliphatic imine (C=N–C) groups is 1. The van der Waals surface area contributed by atoms with E-state index < -0.39 is 0 Å². The van der Waals surface area contributed by atoms with Crippen LogP contribution in [0.25, 0.3) is 0 Å². The molecule has 4 heteroatoms. The summed E-state index contributed by atoms with van der Waals surface area (Å²) in [5, 5.41) is 2.96. The maximum Gasteiger partial charge on any atom is 0.228 e. The van der Waals surface area contributed by atoms with Crippen molar-refractivity contribution in [3.05, 3.63) is 34.3 Å². The van der Waals surface area contributed by atoms with Gasteiger partial charge in [0.25, 0.3) is 0 Å². The summed E-state index contributed by atoms with van der Waals surface area (Å²) in [6, 6.07) is 7.36. The van der Waals surface area contributed by atoms with Gasteiger partial charge in [0.1, 0.15) is 0 Å². The second kappa shape index (κ2) is 3.92. The molecule has 0 aliphatic carbocycles. The molecule has 0 saturated heterocycles. The fourth-order valence-corrected chi connectivity index (χ4v) is 1.79. The number of nitrogens with zero attached hydrogens (tertiary/aromatic N) is 1. The molecule has 3 nitrogen and oxygen atoms in total. The van der Waals surface area contributed by atoms with Crippen molar-refractivity contribution in [1.29, 1.82) is 0 Å². The Bertz CT molecular complexity index is 401. The van der Waals surface area contributed by atoms with Gasteiger partial charge in [-0.05, 0) is 12.1 Å². The third-order valence-electron chi connectivity index (χ3n) is 2.01. The smallest absolute Gasteiger partial charge is 0.228 e. The lowest BCUT2D eigenvalue weighted by atomic mass is 10.1. The van der Waals surface area contributed by atoms with Crippen LogP contribution in [0.5, 0.6) is 0 Å². The first-order chi connectivity index (χ1) is 6.79. The van der Waals surface area contributed by atoms with E-state index in [-0.39, 0.29) is 5.78 Å². The molecule has 0 amide bonds. The van der Waals surface area contributed by atoms with Crippen molar-refractivity contribution >= 4 is 27.5 Å². The van der Waals surface area contributed by atoms with Gasteiger partial charge in [0.2, 0.25) is 5.78 Å². The van der Waals surface area contributed by atoms with E-state index in [1.165, 1.54) is 0 Å². The fraction of sp³-hybridized carbons (Fsp3) is 0.200. The van der Waals surface area contributed by atoms with Gasteiger partial charge in [0.05, 0.1) is 6.54 Å². The number of benzene rings is 1. The normalized spacial score (nSPS) is 14.8. The van der Waals surface area contributed by atoms with E-state index in [0.717, 1.165) is 11.0 Å². The zero-order valence-electron chi connectivity index (χ0n) is 7.46. The van der Waals surface area contributed by atoms with E-state index >= 15 is 0 Å². The van der Waals surface area contributed by atoms with Gasteiger partial charge in [-0.1, -0.05) is 28.1 Å². The van der Waals surface area contributed by atoms with E-state index in [1.54, 1.807) is 6.07 Å². The molecule has 1 aromatic rings. The van der Waals surface area contributed by atoms with Crippen molar-refractivity contribution in [3.8, 4) is 0 Å². The van der Waals surface area contributed by atoms with Crippen LogP contribution in [0.1, 0.15) is 10.4 Å². The van der Waals surface area contributed by atoms with Crippen LogP contribution in [0.15, 0.2) is 33.7 Å². The number of ketones is 1. The summed E-state index contributed by atoms with van der Waals surface area (Å²) in [5.74, 6) is 0.423. The van der Waals surface area contributed by atoms with Gasteiger partial charge in [-0.3, -0.25) is 9.79 Å². The zero-order valence-corrected chi connectivity index (χ0v) is 9.04. The van der Waals surface area contributed by atoms with E-state index in [2.05, 4.69) is 26.2 Å². The summed E-state index contributed by atoms with van der Waals surface area (Å²) in [5.41, 5.74) is 0.653. The number of nitrogens with one attached hydrogen (secondary N) is 1.